The van der Waals surface area contributed by atoms with Crippen LogP contribution in [0.25, 0.3) is 11.1 Å². The summed E-state index contributed by atoms with van der Waals surface area (Å²) in [5.41, 5.74) is 1.54. The zero-order valence-electron chi connectivity index (χ0n) is 6.85. The van der Waals surface area contributed by atoms with Gasteiger partial charge in [0.2, 0.25) is 0 Å². The number of benzene rings is 1. The van der Waals surface area contributed by atoms with E-state index in [0.29, 0.717) is 9.36 Å². The van der Waals surface area contributed by atoms with Gasteiger partial charge in [-0.25, -0.2) is 4.39 Å². The van der Waals surface area contributed by atoms with Gasteiger partial charge in [0.1, 0.15) is 5.82 Å². The van der Waals surface area contributed by atoms with E-state index in [1.54, 1.807) is 12.1 Å². The molecule has 0 N–H and O–H groups in total. The molecule has 1 heterocycles. The van der Waals surface area contributed by atoms with E-state index in [-0.39, 0.29) is 5.82 Å². The maximum absolute atomic E-state index is 12.8. The molecule has 14 heavy (non-hydrogen) atoms. The maximum Gasteiger partial charge on any atom is 0.124 e. The fourth-order valence-corrected chi connectivity index (χ4v) is 2.16. The van der Waals surface area contributed by atoms with Crippen molar-refractivity contribution in [2.45, 2.75) is 0 Å². The van der Waals surface area contributed by atoms with E-state index in [4.69, 9.17) is 23.2 Å². The van der Waals surface area contributed by atoms with Crippen LogP contribution in [0.4, 0.5) is 4.39 Å². The van der Waals surface area contributed by atoms with Crippen molar-refractivity contribution in [2.75, 3.05) is 0 Å². The second-order valence-corrected chi connectivity index (χ2v) is 4.58. The molecule has 0 nitrogen and oxygen atoms in total. The second-order valence-electron chi connectivity index (χ2n) is 2.69. The van der Waals surface area contributed by atoms with Crippen LogP contribution in [0.5, 0.6) is 0 Å². The Kier molecular flexibility index (Phi) is 2.77. The van der Waals surface area contributed by atoms with Crippen LogP contribution < -0.4 is 0 Å². The Morgan fingerprint density at radius 2 is 2.00 bits per heavy atom. The molecule has 1 aromatic heterocycles. The Morgan fingerprint density at radius 1 is 1.21 bits per heavy atom. The summed E-state index contributed by atoms with van der Waals surface area (Å²) < 4.78 is 13.4. The Balaban J connectivity index is 2.52. The number of hydrogen-bond acceptors (Lipinski definition) is 1. The van der Waals surface area contributed by atoms with Gasteiger partial charge in [-0.1, -0.05) is 23.2 Å². The lowest BCUT2D eigenvalue weighted by Crippen LogP contribution is -1.78. The molecular weight excluding hydrogens is 242 g/mol. The lowest BCUT2D eigenvalue weighted by molar-refractivity contribution is 0.628. The van der Waals surface area contributed by atoms with Crippen molar-refractivity contribution in [3.63, 3.8) is 0 Å². The third kappa shape index (κ3) is 1.92. The van der Waals surface area contributed by atoms with E-state index in [1.807, 2.05) is 0 Å². The van der Waals surface area contributed by atoms with Gasteiger partial charge in [-0.2, -0.15) is 0 Å². The van der Waals surface area contributed by atoms with Crippen molar-refractivity contribution < 1.29 is 4.39 Å². The zero-order chi connectivity index (χ0) is 10.1. The highest BCUT2D eigenvalue weighted by Crippen LogP contribution is 2.32. The lowest BCUT2D eigenvalue weighted by Gasteiger charge is -2.00. The van der Waals surface area contributed by atoms with Crippen molar-refractivity contribution in [1.29, 1.82) is 0 Å². The van der Waals surface area contributed by atoms with Gasteiger partial charge in [-0.15, -0.1) is 11.3 Å². The van der Waals surface area contributed by atoms with E-state index in [9.17, 15) is 4.39 Å². The van der Waals surface area contributed by atoms with Crippen molar-refractivity contribution >= 4 is 34.5 Å². The van der Waals surface area contributed by atoms with Gasteiger partial charge in [0.05, 0.1) is 14.7 Å². The molecule has 0 aliphatic rings. The van der Waals surface area contributed by atoms with Crippen LogP contribution >= 0.6 is 34.5 Å². The summed E-state index contributed by atoms with van der Waals surface area (Å²) in [4.78, 5) is 0. The first-order valence-corrected chi connectivity index (χ1v) is 5.36. The van der Waals surface area contributed by atoms with E-state index in [0.717, 1.165) is 11.1 Å². The topological polar surface area (TPSA) is 0 Å². The molecule has 2 rings (SSSR count). The third-order valence-corrected chi connectivity index (χ3v) is 3.03. The monoisotopic (exact) mass is 245 g/mol. The number of halogens is 3. The molecule has 0 saturated heterocycles. The summed E-state index contributed by atoms with van der Waals surface area (Å²) in [5, 5.41) is 3.36. The molecule has 1 radical (unpaired) electrons. The van der Waals surface area contributed by atoms with Crippen LogP contribution in [0, 0.1) is 11.2 Å². The SMILES string of the molecule is Fc1ccc(-c2[c]sc(Cl)c2)c(Cl)c1. The molecule has 2 aromatic rings. The highest BCUT2D eigenvalue weighted by Gasteiger charge is 2.06. The normalized spacial score (nSPS) is 10.5. The van der Waals surface area contributed by atoms with Crippen molar-refractivity contribution in [3.05, 3.63) is 44.8 Å². The van der Waals surface area contributed by atoms with Crippen molar-refractivity contribution in [2.24, 2.45) is 0 Å². The van der Waals surface area contributed by atoms with E-state index in [1.165, 1.54) is 23.5 Å². The first-order chi connectivity index (χ1) is 6.66. The van der Waals surface area contributed by atoms with Crippen LogP contribution in [0.2, 0.25) is 9.36 Å². The molecule has 71 valence electrons. The molecule has 0 atom stereocenters. The predicted octanol–water partition coefficient (Wildman–Crippen LogP) is 4.66. The lowest BCUT2D eigenvalue weighted by atomic mass is 10.1. The molecule has 4 heteroatoms. The Hall–Kier alpha value is -0.570. The number of rotatable bonds is 1. The molecule has 0 aliphatic carbocycles. The molecule has 0 fully saturated rings. The predicted molar refractivity (Wildman–Crippen MR) is 58.6 cm³/mol. The molecule has 0 unspecified atom stereocenters. The Labute approximate surface area is 94.9 Å². The average molecular weight is 246 g/mol. The fourth-order valence-electron chi connectivity index (χ4n) is 1.12. The zero-order valence-corrected chi connectivity index (χ0v) is 9.18. The summed E-state index contributed by atoms with van der Waals surface area (Å²) in [6.45, 7) is 0. The molecular formula is C10H4Cl2FS. The summed E-state index contributed by atoms with van der Waals surface area (Å²) >= 11 is 12.9. The van der Waals surface area contributed by atoms with Gasteiger partial charge < -0.3 is 0 Å². The smallest absolute Gasteiger partial charge is 0.124 e. The quantitative estimate of drug-likeness (QED) is 0.686. The van der Waals surface area contributed by atoms with Crippen LogP contribution in [0.15, 0.2) is 24.3 Å². The maximum atomic E-state index is 12.8. The van der Waals surface area contributed by atoms with Crippen molar-refractivity contribution in [3.8, 4) is 11.1 Å². The third-order valence-electron chi connectivity index (χ3n) is 1.74. The largest absolute Gasteiger partial charge is 0.207 e. The Morgan fingerprint density at radius 3 is 2.57 bits per heavy atom. The molecule has 0 aliphatic heterocycles. The van der Waals surface area contributed by atoms with E-state index >= 15 is 0 Å². The molecule has 0 spiro atoms. The van der Waals surface area contributed by atoms with Gasteiger partial charge in [-0.3, -0.25) is 0 Å². The van der Waals surface area contributed by atoms with Crippen molar-refractivity contribution in [1.82, 2.24) is 0 Å². The van der Waals surface area contributed by atoms with Crippen LogP contribution in [0.1, 0.15) is 0 Å². The number of hydrogen-bond donors (Lipinski definition) is 0. The van der Waals surface area contributed by atoms with Gasteiger partial charge in [-0.05, 0) is 24.3 Å². The summed E-state index contributed by atoms with van der Waals surface area (Å²) in [6.07, 6.45) is 0. The first-order valence-electron chi connectivity index (χ1n) is 3.79. The molecule has 0 bridgehead atoms. The van der Waals surface area contributed by atoms with Crippen LogP contribution in [-0.4, -0.2) is 0 Å². The molecule has 0 amide bonds. The minimum absolute atomic E-state index is 0.347. The summed E-state index contributed by atoms with van der Waals surface area (Å²) in [7, 11) is 0. The fraction of sp³-hybridized carbons (Fsp3) is 0. The molecule has 1 aromatic carbocycles. The summed E-state index contributed by atoms with van der Waals surface area (Å²) in [6, 6.07) is 6.01. The van der Waals surface area contributed by atoms with Crippen LogP contribution in [-0.2, 0) is 0 Å². The molecule has 0 saturated carbocycles. The standard InChI is InChI=1S/C10H4Cl2FS/c11-9-4-7(13)1-2-8(9)6-3-10(12)14-5-6/h1-4H. The highest BCUT2D eigenvalue weighted by atomic mass is 35.5. The first kappa shape index (κ1) is 9.97. The van der Waals surface area contributed by atoms with Gasteiger partial charge in [0.15, 0.2) is 0 Å². The summed E-state index contributed by atoms with van der Waals surface area (Å²) in [5.74, 6) is -0.347. The minimum atomic E-state index is -0.347. The van der Waals surface area contributed by atoms with Gasteiger partial charge in [0.25, 0.3) is 0 Å². The second kappa shape index (κ2) is 3.89. The highest BCUT2D eigenvalue weighted by molar-refractivity contribution is 7.14. The van der Waals surface area contributed by atoms with E-state index in [2.05, 4.69) is 5.38 Å². The Bertz CT molecular complexity index is 465. The average Bonchev–Trinajstić information content (AvgIpc) is 2.51. The minimum Gasteiger partial charge on any atom is -0.207 e. The number of thiophene rings is 1. The van der Waals surface area contributed by atoms with E-state index < -0.39 is 0 Å². The van der Waals surface area contributed by atoms with Gasteiger partial charge in [0, 0.05) is 11.1 Å². The van der Waals surface area contributed by atoms with Gasteiger partial charge >= 0.3 is 0 Å². The van der Waals surface area contributed by atoms with Crippen LogP contribution in [0.3, 0.4) is 0 Å².